The maximum Gasteiger partial charge on any atom is 0.303 e. The summed E-state index contributed by atoms with van der Waals surface area (Å²) in [6.45, 7) is 2.56. The third-order valence-electron chi connectivity index (χ3n) is 7.06. The number of esters is 1. The van der Waals surface area contributed by atoms with E-state index in [-0.39, 0.29) is 23.6 Å². The van der Waals surface area contributed by atoms with E-state index in [9.17, 15) is 4.79 Å². The largest absolute Gasteiger partial charge is 0.493 e. The minimum absolute atomic E-state index is 0.0347. The van der Waals surface area contributed by atoms with Crippen LogP contribution in [-0.2, 0) is 21.4 Å². The zero-order chi connectivity index (χ0) is 17.3. The second kappa shape index (κ2) is 5.13. The highest BCUT2D eigenvalue weighted by atomic mass is 16.6. The number of carbonyl (C=O) groups excluding carboxylic acids is 1. The molecule has 2 aliphatic carbocycles. The van der Waals surface area contributed by atoms with Crippen molar-refractivity contribution < 1.29 is 19.0 Å². The van der Waals surface area contributed by atoms with Gasteiger partial charge in [0.15, 0.2) is 11.5 Å². The van der Waals surface area contributed by atoms with Crippen molar-refractivity contribution in [3.8, 4) is 11.5 Å². The number of benzene rings is 1. The molecule has 1 aromatic rings. The molecule has 5 nitrogen and oxygen atoms in total. The van der Waals surface area contributed by atoms with Crippen LogP contribution in [-0.4, -0.2) is 49.8 Å². The molecule has 25 heavy (non-hydrogen) atoms. The predicted octanol–water partition coefficient (Wildman–Crippen LogP) is 2.30. The average Bonchev–Trinajstić information content (AvgIpc) is 2.94. The summed E-state index contributed by atoms with van der Waals surface area (Å²) in [6, 6.07) is 4.78. The summed E-state index contributed by atoms with van der Waals surface area (Å²) in [5.74, 6) is 2.05. The van der Waals surface area contributed by atoms with Crippen LogP contribution >= 0.6 is 0 Å². The Kier molecular flexibility index (Phi) is 3.18. The Balaban J connectivity index is 1.71. The van der Waals surface area contributed by atoms with Crippen molar-refractivity contribution in [2.24, 2.45) is 5.92 Å². The highest BCUT2D eigenvalue weighted by molar-refractivity contribution is 5.67. The van der Waals surface area contributed by atoms with Crippen molar-refractivity contribution in [3.63, 3.8) is 0 Å². The van der Waals surface area contributed by atoms with Gasteiger partial charge in [-0.05, 0) is 56.8 Å². The van der Waals surface area contributed by atoms with Crippen molar-refractivity contribution in [2.75, 3.05) is 20.7 Å². The minimum atomic E-state index is -0.216. The van der Waals surface area contributed by atoms with Crippen molar-refractivity contribution in [1.29, 1.82) is 0 Å². The molecule has 1 aromatic carbocycles. The first-order valence-electron chi connectivity index (χ1n) is 9.30. The number of rotatable bonds is 2. The molecule has 5 heteroatoms. The zero-order valence-electron chi connectivity index (χ0n) is 15.1. The fraction of sp³-hybridized carbons (Fsp3) is 0.650. The second-order valence-electron chi connectivity index (χ2n) is 8.04. The maximum absolute atomic E-state index is 11.7. The summed E-state index contributed by atoms with van der Waals surface area (Å²) in [5.41, 5.74) is 2.70. The summed E-state index contributed by atoms with van der Waals surface area (Å²) in [7, 11) is 3.94. The van der Waals surface area contributed by atoms with Crippen LogP contribution in [0.3, 0.4) is 0 Å². The summed E-state index contributed by atoms with van der Waals surface area (Å²) in [4.78, 5) is 14.2. The van der Waals surface area contributed by atoms with E-state index in [2.05, 4.69) is 18.0 Å². The summed E-state index contributed by atoms with van der Waals surface area (Å²) in [6.07, 6.45) is 3.84. The summed E-state index contributed by atoms with van der Waals surface area (Å²) < 4.78 is 17.9. The van der Waals surface area contributed by atoms with Gasteiger partial charge < -0.3 is 19.1 Å². The van der Waals surface area contributed by atoms with E-state index in [0.717, 1.165) is 43.7 Å². The first kappa shape index (κ1) is 15.5. The molecule has 1 saturated carbocycles. The van der Waals surface area contributed by atoms with Crippen LogP contribution in [0.15, 0.2) is 12.1 Å². The van der Waals surface area contributed by atoms with E-state index in [1.807, 2.05) is 6.07 Å². The second-order valence-corrected chi connectivity index (χ2v) is 8.04. The molecule has 2 fully saturated rings. The van der Waals surface area contributed by atoms with Gasteiger partial charge in [0, 0.05) is 23.9 Å². The molecule has 0 N–H and O–H groups in total. The first-order valence-corrected chi connectivity index (χ1v) is 9.30. The van der Waals surface area contributed by atoms with E-state index in [0.29, 0.717) is 12.0 Å². The molecule has 2 heterocycles. The molecule has 2 bridgehead atoms. The van der Waals surface area contributed by atoms with Crippen molar-refractivity contribution >= 4 is 5.97 Å². The quantitative estimate of drug-likeness (QED) is 0.771. The predicted molar refractivity (Wildman–Crippen MR) is 92.1 cm³/mol. The van der Waals surface area contributed by atoms with E-state index < -0.39 is 0 Å². The van der Waals surface area contributed by atoms with E-state index in [1.54, 1.807) is 7.11 Å². The van der Waals surface area contributed by atoms with Gasteiger partial charge in [-0.3, -0.25) is 4.79 Å². The smallest absolute Gasteiger partial charge is 0.303 e. The molecule has 4 aliphatic rings. The van der Waals surface area contributed by atoms with Crippen LogP contribution < -0.4 is 9.47 Å². The maximum atomic E-state index is 11.7. The van der Waals surface area contributed by atoms with Gasteiger partial charge in [-0.1, -0.05) is 6.07 Å². The lowest BCUT2D eigenvalue weighted by Crippen LogP contribution is -2.66. The molecule has 4 unspecified atom stereocenters. The highest BCUT2D eigenvalue weighted by Gasteiger charge is 2.66. The molecule has 1 saturated heterocycles. The van der Waals surface area contributed by atoms with Crippen LogP contribution in [0, 0.1) is 5.92 Å². The molecule has 5 atom stereocenters. The van der Waals surface area contributed by atoms with Gasteiger partial charge in [0.05, 0.1) is 7.11 Å². The average molecular weight is 343 g/mol. The summed E-state index contributed by atoms with van der Waals surface area (Å²) in [5, 5.41) is 0. The SMILES string of the molecule is COc1ccc2c3c1OC1C(OC(C)=O)CCC4C(C2)N(C)CC[C@]341. The standard InChI is InChI=1S/C20H25NO4/c1-11(22)24-16-7-5-13-14-10-12-4-6-15(23-3)18-17(12)20(13,19(16)25-18)8-9-21(14)2/h4,6,13-14,16,19H,5,7-10H2,1-3H3/t13?,14?,16?,19?,20-/m1/s1. The van der Waals surface area contributed by atoms with Gasteiger partial charge in [0.2, 0.25) is 0 Å². The van der Waals surface area contributed by atoms with Gasteiger partial charge in [-0.2, -0.15) is 0 Å². The Morgan fingerprint density at radius 3 is 2.96 bits per heavy atom. The number of nitrogens with zero attached hydrogens (tertiary/aromatic N) is 1. The van der Waals surface area contributed by atoms with Gasteiger partial charge in [0.1, 0.15) is 12.2 Å². The zero-order valence-corrected chi connectivity index (χ0v) is 15.1. The van der Waals surface area contributed by atoms with Gasteiger partial charge in [0.25, 0.3) is 0 Å². The van der Waals surface area contributed by atoms with E-state index in [1.165, 1.54) is 18.1 Å². The lowest BCUT2D eigenvalue weighted by molar-refractivity contribution is -0.163. The molecule has 134 valence electrons. The summed E-state index contributed by atoms with van der Waals surface area (Å²) >= 11 is 0. The van der Waals surface area contributed by atoms with Gasteiger partial charge in [-0.15, -0.1) is 0 Å². The fourth-order valence-corrected chi connectivity index (χ4v) is 6.17. The van der Waals surface area contributed by atoms with Crippen LogP contribution in [0.2, 0.25) is 0 Å². The fourth-order valence-electron chi connectivity index (χ4n) is 6.17. The molecule has 2 aliphatic heterocycles. The first-order chi connectivity index (χ1) is 12.1. The lowest BCUT2D eigenvalue weighted by Gasteiger charge is -2.58. The number of piperidine rings is 1. The van der Waals surface area contributed by atoms with Crippen LogP contribution in [0.5, 0.6) is 11.5 Å². The number of methoxy groups -OCH3 is 1. The third kappa shape index (κ3) is 1.85. The van der Waals surface area contributed by atoms with Crippen molar-refractivity contribution in [2.45, 2.75) is 56.3 Å². The number of carbonyl (C=O) groups is 1. The number of hydrogen-bond acceptors (Lipinski definition) is 5. The van der Waals surface area contributed by atoms with Crippen LogP contribution in [0.1, 0.15) is 37.3 Å². The Labute approximate surface area is 148 Å². The van der Waals surface area contributed by atoms with E-state index in [4.69, 9.17) is 14.2 Å². The number of likely N-dealkylation sites (tertiary alicyclic amines) is 1. The van der Waals surface area contributed by atoms with Gasteiger partial charge >= 0.3 is 5.97 Å². The minimum Gasteiger partial charge on any atom is -0.493 e. The van der Waals surface area contributed by atoms with Gasteiger partial charge in [-0.25, -0.2) is 0 Å². The topological polar surface area (TPSA) is 48.0 Å². The number of ether oxygens (including phenoxy) is 3. The third-order valence-corrected chi connectivity index (χ3v) is 7.06. The van der Waals surface area contributed by atoms with E-state index >= 15 is 0 Å². The highest BCUT2D eigenvalue weighted by Crippen LogP contribution is 2.64. The Bertz CT molecular complexity index is 747. The Morgan fingerprint density at radius 2 is 2.20 bits per heavy atom. The Hall–Kier alpha value is -1.75. The van der Waals surface area contributed by atoms with Crippen LogP contribution in [0.4, 0.5) is 0 Å². The van der Waals surface area contributed by atoms with Crippen molar-refractivity contribution in [1.82, 2.24) is 4.90 Å². The molecule has 1 spiro atoms. The molecule has 0 radical (unpaired) electrons. The van der Waals surface area contributed by atoms with Crippen molar-refractivity contribution in [3.05, 3.63) is 23.3 Å². The molecule has 0 amide bonds. The molecular weight excluding hydrogens is 318 g/mol. The molecule has 0 aromatic heterocycles. The number of hydrogen-bond donors (Lipinski definition) is 0. The lowest BCUT2D eigenvalue weighted by atomic mass is 9.51. The number of likely N-dealkylation sites (N-methyl/N-ethyl adjacent to an activating group) is 1. The normalized spacial score (nSPS) is 37.9. The Morgan fingerprint density at radius 1 is 1.36 bits per heavy atom. The monoisotopic (exact) mass is 343 g/mol. The molecule has 5 rings (SSSR count). The van der Waals surface area contributed by atoms with Crippen LogP contribution in [0.25, 0.3) is 0 Å². The molecular formula is C20H25NO4.